The van der Waals surface area contributed by atoms with E-state index in [2.05, 4.69) is 17.2 Å². The Hall–Kier alpha value is -1.58. The molecule has 1 fully saturated rings. The zero-order chi connectivity index (χ0) is 12.3. The summed E-state index contributed by atoms with van der Waals surface area (Å²) in [6, 6.07) is 4.02. The summed E-state index contributed by atoms with van der Waals surface area (Å²) in [6.45, 7) is 4.34. The topological polar surface area (TPSA) is 51.2 Å². The number of hydrogen-bond acceptors (Lipinski definition) is 4. The second-order valence-electron chi connectivity index (χ2n) is 4.42. The van der Waals surface area contributed by atoms with Crippen LogP contribution in [0.1, 0.15) is 37.0 Å². The number of ether oxygens (including phenoxy) is 1. The Morgan fingerprint density at radius 2 is 2.35 bits per heavy atom. The molecule has 92 valence electrons. The number of hydrogen-bond donors (Lipinski definition) is 1. The smallest absolute Gasteiger partial charge is 0.339 e. The van der Waals surface area contributed by atoms with E-state index in [1.54, 1.807) is 19.2 Å². The van der Waals surface area contributed by atoms with Gasteiger partial charge in [0.1, 0.15) is 5.82 Å². The molecule has 0 aromatic carbocycles. The maximum atomic E-state index is 11.4. The summed E-state index contributed by atoms with van der Waals surface area (Å²) in [4.78, 5) is 15.6. The van der Waals surface area contributed by atoms with E-state index in [9.17, 15) is 4.79 Å². The minimum absolute atomic E-state index is 0.318. The van der Waals surface area contributed by atoms with Gasteiger partial charge in [-0.05, 0) is 44.7 Å². The molecule has 1 saturated carbocycles. The average Bonchev–Trinajstić information content (AvgIpc) is 3.14. The number of esters is 1. The lowest BCUT2D eigenvalue weighted by molar-refractivity contribution is 0.0526. The quantitative estimate of drug-likeness (QED) is 0.795. The van der Waals surface area contributed by atoms with Gasteiger partial charge in [-0.3, -0.25) is 0 Å². The standard InChI is InChI=1S/C13H18N2O2/c1-3-17-13(16)11-6-7-12(14-8-11)15-9(2)10-4-5-10/h6-10H,3-5H2,1-2H3,(H,14,15). The van der Waals surface area contributed by atoms with E-state index >= 15 is 0 Å². The Bertz CT molecular complexity index is 385. The molecule has 0 bridgehead atoms. The molecular formula is C13H18N2O2. The Morgan fingerprint density at radius 1 is 1.59 bits per heavy atom. The third kappa shape index (κ3) is 3.19. The minimum Gasteiger partial charge on any atom is -0.462 e. The molecule has 1 unspecified atom stereocenters. The van der Waals surface area contributed by atoms with Crippen LogP contribution < -0.4 is 5.32 Å². The van der Waals surface area contributed by atoms with Crippen molar-refractivity contribution in [3.8, 4) is 0 Å². The third-order valence-corrected chi connectivity index (χ3v) is 2.98. The van der Waals surface area contributed by atoms with Crippen molar-refractivity contribution in [2.24, 2.45) is 5.92 Å². The first kappa shape index (κ1) is 11.9. The van der Waals surface area contributed by atoms with Crippen molar-refractivity contribution in [3.63, 3.8) is 0 Å². The molecule has 0 spiro atoms. The van der Waals surface area contributed by atoms with Crippen molar-refractivity contribution in [2.45, 2.75) is 32.7 Å². The predicted molar refractivity (Wildman–Crippen MR) is 66.0 cm³/mol. The third-order valence-electron chi connectivity index (χ3n) is 2.98. The fourth-order valence-corrected chi connectivity index (χ4v) is 1.76. The molecule has 1 atom stereocenters. The molecule has 4 nitrogen and oxygen atoms in total. The highest BCUT2D eigenvalue weighted by atomic mass is 16.5. The molecule has 4 heteroatoms. The average molecular weight is 234 g/mol. The van der Waals surface area contributed by atoms with Crippen molar-refractivity contribution in [2.75, 3.05) is 11.9 Å². The summed E-state index contributed by atoms with van der Waals surface area (Å²) in [5.74, 6) is 1.28. The van der Waals surface area contributed by atoms with Gasteiger partial charge in [0.15, 0.2) is 0 Å². The second kappa shape index (κ2) is 5.17. The van der Waals surface area contributed by atoms with Gasteiger partial charge in [0.25, 0.3) is 0 Å². The minimum atomic E-state index is -0.318. The highest BCUT2D eigenvalue weighted by Gasteiger charge is 2.27. The monoisotopic (exact) mass is 234 g/mol. The van der Waals surface area contributed by atoms with Gasteiger partial charge in [0.2, 0.25) is 0 Å². The maximum Gasteiger partial charge on any atom is 0.339 e. The molecule has 1 heterocycles. The number of anilines is 1. The molecule has 1 aliphatic rings. The van der Waals surface area contributed by atoms with E-state index < -0.39 is 0 Å². The van der Waals surface area contributed by atoms with Gasteiger partial charge in [-0.2, -0.15) is 0 Å². The van der Waals surface area contributed by atoms with Crippen LogP contribution in [0.4, 0.5) is 5.82 Å². The molecule has 0 saturated heterocycles. The lowest BCUT2D eigenvalue weighted by Gasteiger charge is -2.13. The van der Waals surface area contributed by atoms with E-state index in [1.807, 2.05) is 6.07 Å². The molecule has 1 aromatic heterocycles. The summed E-state index contributed by atoms with van der Waals surface area (Å²) < 4.78 is 4.90. The number of nitrogens with zero attached hydrogens (tertiary/aromatic N) is 1. The highest BCUT2D eigenvalue weighted by Crippen LogP contribution is 2.33. The second-order valence-corrected chi connectivity index (χ2v) is 4.42. The van der Waals surface area contributed by atoms with Crippen molar-refractivity contribution < 1.29 is 9.53 Å². The van der Waals surface area contributed by atoms with E-state index in [0.29, 0.717) is 18.2 Å². The molecule has 2 rings (SSSR count). The molecule has 17 heavy (non-hydrogen) atoms. The lowest BCUT2D eigenvalue weighted by Crippen LogP contribution is -2.18. The van der Waals surface area contributed by atoms with Crippen LogP contribution in [0.2, 0.25) is 0 Å². The van der Waals surface area contributed by atoms with Crippen LogP contribution in [0.5, 0.6) is 0 Å². The fraction of sp³-hybridized carbons (Fsp3) is 0.538. The van der Waals surface area contributed by atoms with Gasteiger partial charge in [0.05, 0.1) is 12.2 Å². The summed E-state index contributed by atoms with van der Waals surface area (Å²) in [7, 11) is 0. The molecule has 0 amide bonds. The number of pyridine rings is 1. The Labute approximate surface area is 101 Å². The van der Waals surface area contributed by atoms with Gasteiger partial charge in [-0.1, -0.05) is 0 Å². The van der Waals surface area contributed by atoms with Crippen LogP contribution in [-0.4, -0.2) is 23.6 Å². The van der Waals surface area contributed by atoms with E-state index in [0.717, 1.165) is 11.7 Å². The summed E-state index contributed by atoms with van der Waals surface area (Å²) >= 11 is 0. The molecule has 0 aliphatic heterocycles. The SMILES string of the molecule is CCOC(=O)c1ccc(NC(C)C2CC2)nc1. The van der Waals surface area contributed by atoms with Crippen molar-refractivity contribution in [3.05, 3.63) is 23.9 Å². The van der Waals surface area contributed by atoms with Crippen LogP contribution in [0, 0.1) is 5.92 Å². The number of carbonyl (C=O) groups excluding carboxylic acids is 1. The van der Waals surface area contributed by atoms with Crippen LogP contribution in [0.3, 0.4) is 0 Å². The summed E-state index contributed by atoms with van der Waals surface area (Å²) in [5, 5.41) is 3.34. The number of nitrogens with one attached hydrogen (secondary N) is 1. The molecule has 1 N–H and O–H groups in total. The lowest BCUT2D eigenvalue weighted by atomic mass is 10.2. The Morgan fingerprint density at radius 3 is 2.88 bits per heavy atom. The van der Waals surface area contributed by atoms with Gasteiger partial charge in [0, 0.05) is 12.2 Å². The fourth-order valence-electron chi connectivity index (χ4n) is 1.76. The summed E-state index contributed by atoms with van der Waals surface area (Å²) in [6.07, 6.45) is 4.16. The molecular weight excluding hydrogens is 216 g/mol. The normalized spacial score (nSPS) is 16.4. The zero-order valence-corrected chi connectivity index (χ0v) is 10.3. The first-order chi connectivity index (χ1) is 8.20. The number of carbonyl (C=O) groups is 1. The van der Waals surface area contributed by atoms with Gasteiger partial charge >= 0.3 is 5.97 Å². The van der Waals surface area contributed by atoms with E-state index in [-0.39, 0.29) is 5.97 Å². The van der Waals surface area contributed by atoms with Crippen LogP contribution in [0.25, 0.3) is 0 Å². The first-order valence-corrected chi connectivity index (χ1v) is 6.10. The van der Waals surface area contributed by atoms with E-state index in [1.165, 1.54) is 12.8 Å². The molecule has 0 radical (unpaired) electrons. The summed E-state index contributed by atoms with van der Waals surface area (Å²) in [5.41, 5.74) is 0.497. The first-order valence-electron chi connectivity index (χ1n) is 6.10. The van der Waals surface area contributed by atoms with Gasteiger partial charge in [-0.25, -0.2) is 9.78 Å². The van der Waals surface area contributed by atoms with E-state index in [4.69, 9.17) is 4.74 Å². The Kier molecular flexibility index (Phi) is 3.61. The predicted octanol–water partition coefficient (Wildman–Crippen LogP) is 2.47. The van der Waals surface area contributed by atoms with Gasteiger partial charge < -0.3 is 10.1 Å². The Balaban J connectivity index is 1.94. The van der Waals surface area contributed by atoms with Crippen LogP contribution in [0.15, 0.2) is 18.3 Å². The van der Waals surface area contributed by atoms with Gasteiger partial charge in [-0.15, -0.1) is 0 Å². The van der Waals surface area contributed by atoms with Crippen LogP contribution in [-0.2, 0) is 4.74 Å². The van der Waals surface area contributed by atoms with Crippen molar-refractivity contribution in [1.82, 2.24) is 4.98 Å². The van der Waals surface area contributed by atoms with Crippen molar-refractivity contribution >= 4 is 11.8 Å². The van der Waals surface area contributed by atoms with Crippen molar-refractivity contribution in [1.29, 1.82) is 0 Å². The number of rotatable bonds is 5. The highest BCUT2D eigenvalue weighted by molar-refractivity contribution is 5.89. The maximum absolute atomic E-state index is 11.4. The zero-order valence-electron chi connectivity index (χ0n) is 10.3. The van der Waals surface area contributed by atoms with Crippen LogP contribution >= 0.6 is 0 Å². The molecule has 1 aliphatic carbocycles. The largest absolute Gasteiger partial charge is 0.462 e. The molecule has 1 aromatic rings. The number of aromatic nitrogens is 1.